The molecule has 0 radical (unpaired) electrons. The number of hydrogen-bond acceptors (Lipinski definition) is 2. The van der Waals surface area contributed by atoms with Gasteiger partial charge in [0.25, 0.3) is 0 Å². The van der Waals surface area contributed by atoms with Gasteiger partial charge < -0.3 is 4.74 Å². The van der Waals surface area contributed by atoms with Crippen molar-refractivity contribution in [3.63, 3.8) is 0 Å². The van der Waals surface area contributed by atoms with Crippen molar-refractivity contribution in [1.29, 1.82) is 0 Å². The van der Waals surface area contributed by atoms with Crippen molar-refractivity contribution in [3.05, 3.63) is 42.7 Å². The predicted octanol–water partition coefficient (Wildman–Crippen LogP) is 3.33. The van der Waals surface area contributed by atoms with E-state index in [1.807, 2.05) is 23.9 Å². The first-order valence-electron chi connectivity index (χ1n) is 4.24. The standard InChI is InChI=1S/C11H14OS/c1-10(8-9-12-2)13-11-6-4-3-5-7-11/h3-10H,1-2H3. The summed E-state index contributed by atoms with van der Waals surface area (Å²) < 4.78 is 4.86. The Labute approximate surface area is 83.8 Å². The first kappa shape index (κ1) is 10.2. The van der Waals surface area contributed by atoms with Gasteiger partial charge in [-0.3, -0.25) is 0 Å². The fourth-order valence-electron chi connectivity index (χ4n) is 0.942. The number of hydrogen-bond donors (Lipinski definition) is 0. The van der Waals surface area contributed by atoms with Gasteiger partial charge in [-0.15, -0.1) is 11.8 Å². The molecule has 0 amide bonds. The summed E-state index contributed by atoms with van der Waals surface area (Å²) in [6.07, 6.45) is 3.76. The van der Waals surface area contributed by atoms with Crippen molar-refractivity contribution in [2.24, 2.45) is 0 Å². The lowest BCUT2D eigenvalue weighted by molar-refractivity contribution is 0.337. The molecule has 0 bridgehead atoms. The van der Waals surface area contributed by atoms with E-state index >= 15 is 0 Å². The van der Waals surface area contributed by atoms with Crippen LogP contribution in [0.5, 0.6) is 0 Å². The second kappa shape index (κ2) is 5.70. The Bertz CT molecular complexity index is 256. The van der Waals surface area contributed by atoms with E-state index in [1.165, 1.54) is 4.90 Å². The minimum atomic E-state index is 0.447. The Balaban J connectivity index is 2.45. The molecule has 0 N–H and O–H groups in total. The van der Waals surface area contributed by atoms with Crippen molar-refractivity contribution >= 4 is 11.8 Å². The molecule has 1 rings (SSSR count). The maximum atomic E-state index is 4.86. The molecule has 0 saturated heterocycles. The smallest absolute Gasteiger partial charge is 0.0795 e. The molecule has 1 unspecified atom stereocenters. The van der Waals surface area contributed by atoms with Crippen molar-refractivity contribution < 1.29 is 4.74 Å². The van der Waals surface area contributed by atoms with Gasteiger partial charge in [0.1, 0.15) is 0 Å². The summed E-state index contributed by atoms with van der Waals surface area (Å²) in [4.78, 5) is 1.29. The number of thioether (sulfide) groups is 1. The largest absolute Gasteiger partial charge is 0.505 e. The van der Waals surface area contributed by atoms with Gasteiger partial charge in [-0.05, 0) is 25.1 Å². The van der Waals surface area contributed by atoms with E-state index < -0.39 is 0 Å². The molecule has 0 spiro atoms. The highest BCUT2D eigenvalue weighted by Gasteiger charge is 1.98. The van der Waals surface area contributed by atoms with Crippen LogP contribution in [0.1, 0.15) is 6.92 Å². The lowest BCUT2D eigenvalue weighted by Crippen LogP contribution is -1.89. The summed E-state index contributed by atoms with van der Waals surface area (Å²) >= 11 is 1.82. The first-order chi connectivity index (χ1) is 6.33. The average Bonchev–Trinajstić information content (AvgIpc) is 2.16. The van der Waals surface area contributed by atoms with Gasteiger partial charge in [-0.2, -0.15) is 0 Å². The molecule has 1 nitrogen and oxygen atoms in total. The maximum absolute atomic E-state index is 4.86. The fourth-order valence-corrected chi connectivity index (χ4v) is 1.83. The van der Waals surface area contributed by atoms with E-state index in [0.29, 0.717) is 5.25 Å². The zero-order valence-corrected chi connectivity index (χ0v) is 8.75. The SMILES string of the molecule is COC=CC(C)Sc1ccccc1. The van der Waals surface area contributed by atoms with Gasteiger partial charge >= 0.3 is 0 Å². The van der Waals surface area contributed by atoms with Gasteiger partial charge in [0.2, 0.25) is 0 Å². The summed E-state index contributed by atoms with van der Waals surface area (Å²) in [5.74, 6) is 0. The molecular formula is C11H14OS. The van der Waals surface area contributed by atoms with Crippen LogP contribution >= 0.6 is 11.8 Å². The van der Waals surface area contributed by atoms with Gasteiger partial charge in [0.05, 0.1) is 13.4 Å². The number of benzene rings is 1. The Morgan fingerprint density at radius 3 is 2.62 bits per heavy atom. The third-order valence-electron chi connectivity index (χ3n) is 1.55. The Morgan fingerprint density at radius 2 is 2.00 bits per heavy atom. The highest BCUT2D eigenvalue weighted by molar-refractivity contribution is 8.00. The number of rotatable bonds is 4. The van der Waals surface area contributed by atoms with Gasteiger partial charge in [0, 0.05) is 10.1 Å². The Morgan fingerprint density at radius 1 is 1.31 bits per heavy atom. The topological polar surface area (TPSA) is 9.23 Å². The normalized spacial score (nSPS) is 13.1. The maximum Gasteiger partial charge on any atom is 0.0795 e. The molecule has 0 aliphatic carbocycles. The van der Waals surface area contributed by atoms with Crippen LogP contribution in [-0.2, 0) is 4.74 Å². The zero-order chi connectivity index (χ0) is 9.52. The van der Waals surface area contributed by atoms with Crippen LogP contribution in [-0.4, -0.2) is 12.4 Å². The van der Waals surface area contributed by atoms with Crippen LogP contribution in [0, 0.1) is 0 Å². The van der Waals surface area contributed by atoms with E-state index in [-0.39, 0.29) is 0 Å². The van der Waals surface area contributed by atoms with E-state index in [2.05, 4.69) is 31.2 Å². The van der Waals surface area contributed by atoms with Gasteiger partial charge in [-0.25, -0.2) is 0 Å². The second-order valence-corrected chi connectivity index (χ2v) is 4.15. The molecule has 0 aromatic heterocycles. The van der Waals surface area contributed by atoms with E-state index in [0.717, 1.165) is 0 Å². The molecule has 0 aliphatic heterocycles. The van der Waals surface area contributed by atoms with Gasteiger partial charge in [-0.1, -0.05) is 18.2 Å². The number of methoxy groups -OCH3 is 1. The summed E-state index contributed by atoms with van der Waals surface area (Å²) in [7, 11) is 1.66. The van der Waals surface area contributed by atoms with Crippen LogP contribution in [0.3, 0.4) is 0 Å². The van der Waals surface area contributed by atoms with Gasteiger partial charge in [0.15, 0.2) is 0 Å². The lowest BCUT2D eigenvalue weighted by atomic mass is 10.4. The molecule has 2 heteroatoms. The summed E-state index contributed by atoms with van der Waals surface area (Å²) in [6.45, 7) is 2.15. The minimum absolute atomic E-state index is 0.447. The van der Waals surface area contributed by atoms with Crippen LogP contribution in [0.15, 0.2) is 47.6 Å². The molecule has 1 aromatic carbocycles. The molecule has 0 heterocycles. The van der Waals surface area contributed by atoms with Crippen molar-refractivity contribution in [3.8, 4) is 0 Å². The molecular weight excluding hydrogens is 180 g/mol. The van der Waals surface area contributed by atoms with Crippen molar-refractivity contribution in [2.45, 2.75) is 17.1 Å². The lowest BCUT2D eigenvalue weighted by Gasteiger charge is -2.04. The van der Waals surface area contributed by atoms with Crippen LogP contribution in [0.4, 0.5) is 0 Å². The fraction of sp³-hybridized carbons (Fsp3) is 0.273. The van der Waals surface area contributed by atoms with E-state index in [1.54, 1.807) is 13.4 Å². The van der Waals surface area contributed by atoms with Crippen molar-refractivity contribution in [2.75, 3.05) is 7.11 Å². The molecule has 1 aromatic rings. The van der Waals surface area contributed by atoms with Crippen LogP contribution in [0.2, 0.25) is 0 Å². The first-order valence-corrected chi connectivity index (χ1v) is 5.12. The summed E-state index contributed by atoms with van der Waals surface area (Å²) in [6, 6.07) is 10.4. The number of ether oxygens (including phenoxy) is 1. The van der Waals surface area contributed by atoms with Crippen LogP contribution in [0.25, 0.3) is 0 Å². The monoisotopic (exact) mass is 194 g/mol. The minimum Gasteiger partial charge on any atom is -0.505 e. The highest BCUT2D eigenvalue weighted by Crippen LogP contribution is 2.22. The quantitative estimate of drug-likeness (QED) is 0.537. The summed E-state index contributed by atoms with van der Waals surface area (Å²) in [5.41, 5.74) is 0. The average molecular weight is 194 g/mol. The zero-order valence-electron chi connectivity index (χ0n) is 7.94. The predicted molar refractivity (Wildman–Crippen MR) is 57.9 cm³/mol. The molecule has 0 fully saturated rings. The highest BCUT2D eigenvalue weighted by atomic mass is 32.2. The Kier molecular flexibility index (Phi) is 4.47. The molecule has 0 saturated carbocycles. The molecule has 1 atom stereocenters. The molecule has 13 heavy (non-hydrogen) atoms. The third-order valence-corrected chi connectivity index (χ3v) is 2.62. The second-order valence-electron chi connectivity index (χ2n) is 2.70. The Hall–Kier alpha value is -0.890. The van der Waals surface area contributed by atoms with E-state index in [9.17, 15) is 0 Å². The third kappa shape index (κ3) is 4.04. The van der Waals surface area contributed by atoms with Crippen molar-refractivity contribution in [1.82, 2.24) is 0 Å². The summed E-state index contributed by atoms with van der Waals surface area (Å²) in [5, 5.41) is 0.447. The van der Waals surface area contributed by atoms with Crippen LogP contribution < -0.4 is 0 Å². The molecule has 0 aliphatic rings. The molecule has 70 valence electrons. The van der Waals surface area contributed by atoms with E-state index in [4.69, 9.17) is 4.74 Å².